The molecule has 0 bridgehead atoms. The summed E-state index contributed by atoms with van der Waals surface area (Å²) in [6, 6.07) is 9.58. The summed E-state index contributed by atoms with van der Waals surface area (Å²) in [5.74, 6) is 0.608. The number of anilines is 1. The van der Waals surface area contributed by atoms with E-state index in [0.29, 0.717) is 18.0 Å². The Morgan fingerprint density at radius 3 is 2.17 bits per heavy atom. The first kappa shape index (κ1) is 27.3. The molecule has 0 unspecified atom stereocenters. The molecule has 3 heterocycles. The van der Waals surface area contributed by atoms with E-state index in [1.807, 2.05) is 25.7 Å². The van der Waals surface area contributed by atoms with Crippen LogP contribution in [0.1, 0.15) is 74.7 Å². The zero-order valence-corrected chi connectivity index (χ0v) is 23.6. The van der Waals surface area contributed by atoms with Crippen LogP contribution in [-0.4, -0.2) is 73.2 Å². The maximum atomic E-state index is 12.3. The van der Waals surface area contributed by atoms with Crippen molar-refractivity contribution in [2.24, 2.45) is 5.92 Å². The number of benzene rings is 1. The van der Waals surface area contributed by atoms with Crippen molar-refractivity contribution < 1.29 is 18.8 Å². The van der Waals surface area contributed by atoms with Gasteiger partial charge in [0.05, 0.1) is 11.2 Å². The highest BCUT2D eigenvalue weighted by Gasteiger charge is 2.51. The van der Waals surface area contributed by atoms with Gasteiger partial charge in [-0.15, -0.1) is 0 Å². The van der Waals surface area contributed by atoms with Crippen LogP contribution in [0.2, 0.25) is 0 Å². The summed E-state index contributed by atoms with van der Waals surface area (Å²) in [5, 5.41) is 3.86. The molecule has 3 aliphatic rings. The van der Waals surface area contributed by atoms with Gasteiger partial charge in [0, 0.05) is 44.0 Å². The molecule has 36 heavy (non-hydrogen) atoms. The molecule has 1 aromatic carbocycles. The molecule has 2 atom stereocenters. The number of carbonyl (C=O) groups is 1. The van der Waals surface area contributed by atoms with Crippen LogP contribution in [0.15, 0.2) is 24.3 Å². The van der Waals surface area contributed by atoms with Crippen molar-refractivity contribution in [1.29, 1.82) is 0 Å². The van der Waals surface area contributed by atoms with Crippen molar-refractivity contribution in [3.63, 3.8) is 0 Å². The average molecular weight is 500 g/mol. The summed E-state index contributed by atoms with van der Waals surface area (Å²) >= 11 is 0. The minimum Gasteiger partial charge on any atom is -0.444 e. The second-order valence-electron chi connectivity index (χ2n) is 12.9. The van der Waals surface area contributed by atoms with Crippen molar-refractivity contribution in [1.82, 2.24) is 10.2 Å². The van der Waals surface area contributed by atoms with Gasteiger partial charge >= 0.3 is 13.2 Å². The van der Waals surface area contributed by atoms with E-state index in [0.717, 1.165) is 44.5 Å². The largest absolute Gasteiger partial charge is 0.494 e. The second kappa shape index (κ2) is 10.2. The van der Waals surface area contributed by atoms with E-state index >= 15 is 0 Å². The summed E-state index contributed by atoms with van der Waals surface area (Å²) in [7, 11) is -0.318. The lowest BCUT2D eigenvalue weighted by atomic mass is 9.79. The summed E-state index contributed by atoms with van der Waals surface area (Å²) < 4.78 is 17.9. The van der Waals surface area contributed by atoms with Crippen LogP contribution in [0.4, 0.5) is 10.5 Å². The number of nitrogens with zero attached hydrogens (tertiary/aromatic N) is 2. The Morgan fingerprint density at radius 1 is 1.03 bits per heavy atom. The average Bonchev–Trinajstić information content (AvgIpc) is 3.36. The van der Waals surface area contributed by atoms with Gasteiger partial charge in [-0.25, -0.2) is 4.79 Å². The normalized spacial score (nSPS) is 25.3. The molecule has 8 heteroatoms. The van der Waals surface area contributed by atoms with Gasteiger partial charge in [-0.05, 0) is 98.2 Å². The predicted molar refractivity (Wildman–Crippen MR) is 146 cm³/mol. The Kier molecular flexibility index (Phi) is 7.72. The molecule has 0 saturated carbocycles. The molecule has 1 amide bonds. The topological polar surface area (TPSA) is 63.3 Å². The van der Waals surface area contributed by atoms with Gasteiger partial charge < -0.3 is 29.2 Å². The molecule has 7 nitrogen and oxygen atoms in total. The Bertz CT molecular complexity index is 890. The van der Waals surface area contributed by atoms with E-state index in [1.54, 1.807) is 0 Å². The Morgan fingerprint density at radius 2 is 1.61 bits per heavy atom. The molecular weight excluding hydrogens is 453 g/mol. The van der Waals surface area contributed by atoms with Crippen LogP contribution < -0.4 is 15.7 Å². The lowest BCUT2D eigenvalue weighted by molar-refractivity contribution is 0.00578. The number of hydrogen-bond acceptors (Lipinski definition) is 6. The van der Waals surface area contributed by atoms with E-state index in [9.17, 15) is 4.79 Å². The number of rotatable bonds is 5. The van der Waals surface area contributed by atoms with E-state index in [-0.39, 0.29) is 24.4 Å². The Labute approximate surface area is 218 Å². The number of ether oxygens (including phenoxy) is 1. The van der Waals surface area contributed by atoms with Crippen LogP contribution in [0.5, 0.6) is 0 Å². The van der Waals surface area contributed by atoms with Crippen LogP contribution in [0.25, 0.3) is 0 Å². The highest BCUT2D eigenvalue weighted by atomic mass is 16.7. The molecule has 0 spiro atoms. The minimum absolute atomic E-state index is 0.190. The van der Waals surface area contributed by atoms with Crippen molar-refractivity contribution in [3.05, 3.63) is 24.3 Å². The first-order valence-electron chi connectivity index (χ1n) is 13.7. The lowest BCUT2D eigenvalue weighted by Gasteiger charge is -2.36. The van der Waals surface area contributed by atoms with E-state index < -0.39 is 5.60 Å². The maximum Gasteiger partial charge on any atom is 0.494 e. The van der Waals surface area contributed by atoms with Gasteiger partial charge in [0.25, 0.3) is 0 Å². The number of likely N-dealkylation sites (tertiary alicyclic amines) is 1. The predicted octanol–water partition coefficient (Wildman–Crippen LogP) is 4.19. The molecular formula is C28H46BN3O4. The summed E-state index contributed by atoms with van der Waals surface area (Å²) in [5.41, 5.74) is 1.24. The van der Waals surface area contributed by atoms with E-state index in [4.69, 9.17) is 14.0 Å². The van der Waals surface area contributed by atoms with Gasteiger partial charge in [-0.1, -0.05) is 12.1 Å². The Balaban J connectivity index is 1.24. The number of carbonyl (C=O) groups excluding carboxylic acids is 1. The monoisotopic (exact) mass is 499 g/mol. The first-order valence-corrected chi connectivity index (χ1v) is 13.7. The van der Waals surface area contributed by atoms with Gasteiger partial charge in [-0.3, -0.25) is 0 Å². The zero-order valence-electron chi connectivity index (χ0n) is 23.6. The summed E-state index contributed by atoms with van der Waals surface area (Å²) in [4.78, 5) is 16.7. The molecule has 0 aromatic heterocycles. The minimum atomic E-state index is -0.443. The molecule has 3 aliphatic heterocycles. The first-order chi connectivity index (χ1) is 16.7. The van der Waals surface area contributed by atoms with E-state index in [2.05, 4.69) is 69.1 Å². The fraction of sp³-hybridized carbons (Fsp3) is 0.750. The second-order valence-corrected chi connectivity index (χ2v) is 12.9. The maximum absolute atomic E-state index is 12.3. The molecule has 1 N–H and O–H groups in total. The van der Waals surface area contributed by atoms with Crippen LogP contribution >= 0.6 is 0 Å². The lowest BCUT2D eigenvalue weighted by Crippen LogP contribution is -2.49. The van der Waals surface area contributed by atoms with Gasteiger partial charge in [0.15, 0.2) is 0 Å². The van der Waals surface area contributed by atoms with Crippen molar-refractivity contribution in [2.45, 2.75) is 104 Å². The van der Waals surface area contributed by atoms with Crippen molar-refractivity contribution >= 4 is 24.4 Å². The Hall–Kier alpha value is -1.77. The summed E-state index contributed by atoms with van der Waals surface area (Å²) in [6.07, 6.45) is 2.94. The third-order valence-electron chi connectivity index (χ3n) is 8.36. The smallest absolute Gasteiger partial charge is 0.444 e. The highest BCUT2D eigenvalue weighted by Crippen LogP contribution is 2.36. The van der Waals surface area contributed by atoms with Gasteiger partial charge in [0.1, 0.15) is 5.60 Å². The standard InChI is InChI=1S/C28H46BN3O4/c1-20(30-23-14-17-31(18-15-23)25(33)34-26(2,3)4)21-13-16-32(19-21)24-11-9-22(10-12-24)29-35-27(5,6)28(7,8)36-29/h9-12,20-21,23,30H,13-19H2,1-8H3/t20-,21-/m1/s1. The molecule has 4 rings (SSSR count). The van der Waals surface area contributed by atoms with E-state index in [1.165, 1.54) is 12.1 Å². The van der Waals surface area contributed by atoms with Crippen molar-refractivity contribution in [3.8, 4) is 0 Å². The van der Waals surface area contributed by atoms with Crippen LogP contribution in [0.3, 0.4) is 0 Å². The number of amides is 1. The number of nitrogens with one attached hydrogen (secondary N) is 1. The molecule has 3 fully saturated rings. The van der Waals surface area contributed by atoms with Gasteiger partial charge in [-0.2, -0.15) is 0 Å². The third kappa shape index (κ3) is 6.20. The van der Waals surface area contributed by atoms with Gasteiger partial charge in [0.2, 0.25) is 0 Å². The molecule has 3 saturated heterocycles. The van der Waals surface area contributed by atoms with Crippen LogP contribution in [-0.2, 0) is 14.0 Å². The third-order valence-corrected chi connectivity index (χ3v) is 8.36. The van der Waals surface area contributed by atoms with Crippen LogP contribution in [0, 0.1) is 5.92 Å². The quantitative estimate of drug-likeness (QED) is 0.614. The fourth-order valence-electron chi connectivity index (χ4n) is 5.31. The number of piperidine rings is 1. The molecule has 0 radical (unpaired) electrons. The summed E-state index contributed by atoms with van der Waals surface area (Å²) in [6.45, 7) is 20.1. The molecule has 1 aromatic rings. The zero-order chi connectivity index (χ0) is 26.3. The fourth-order valence-corrected chi connectivity index (χ4v) is 5.31. The SMILES string of the molecule is C[C@@H](NC1CCN(C(=O)OC(C)(C)C)CC1)[C@@H]1CCN(c2ccc(B3OC(C)(C)C(C)(C)O3)cc2)C1. The van der Waals surface area contributed by atoms with Crippen molar-refractivity contribution in [2.75, 3.05) is 31.1 Å². The highest BCUT2D eigenvalue weighted by molar-refractivity contribution is 6.62. The molecule has 0 aliphatic carbocycles. The molecule has 200 valence electrons. The number of hydrogen-bond donors (Lipinski definition) is 1.